The normalized spacial score (nSPS) is 19.4. The van der Waals surface area contributed by atoms with Gasteiger partial charge in [-0.3, -0.25) is 5.32 Å². The molecule has 0 aliphatic heterocycles. The van der Waals surface area contributed by atoms with Gasteiger partial charge in [0.05, 0.1) is 5.60 Å². The SMILES string of the molecule is CCCCCCCCCN[C@@H](O)OC1(CC)CCCC1. The highest BCUT2D eigenvalue weighted by Gasteiger charge is 2.34. The van der Waals surface area contributed by atoms with Crippen LogP contribution in [-0.4, -0.2) is 23.7 Å². The summed E-state index contributed by atoms with van der Waals surface area (Å²) < 4.78 is 5.85. The smallest absolute Gasteiger partial charge is 0.214 e. The lowest BCUT2D eigenvalue weighted by Gasteiger charge is -2.31. The maximum Gasteiger partial charge on any atom is 0.214 e. The molecule has 3 heteroatoms. The molecule has 0 aromatic carbocycles. The number of hydrogen-bond acceptors (Lipinski definition) is 3. The molecule has 0 spiro atoms. The fourth-order valence-electron chi connectivity index (χ4n) is 3.16. The molecular weight excluding hydrogens is 250 g/mol. The average Bonchev–Trinajstić information content (AvgIpc) is 2.91. The Hall–Kier alpha value is -0.120. The van der Waals surface area contributed by atoms with Crippen molar-refractivity contribution in [1.82, 2.24) is 5.32 Å². The number of ether oxygens (including phenoxy) is 1. The molecule has 1 fully saturated rings. The monoisotopic (exact) mass is 285 g/mol. The molecule has 1 rings (SSSR count). The van der Waals surface area contributed by atoms with E-state index in [1.54, 1.807) is 0 Å². The van der Waals surface area contributed by atoms with E-state index in [0.717, 1.165) is 32.2 Å². The summed E-state index contributed by atoms with van der Waals surface area (Å²) in [6.45, 7) is 5.27. The Bertz CT molecular complexity index is 227. The summed E-state index contributed by atoms with van der Waals surface area (Å²) in [7, 11) is 0. The van der Waals surface area contributed by atoms with Crippen molar-refractivity contribution in [3.63, 3.8) is 0 Å². The Morgan fingerprint density at radius 1 is 1.00 bits per heavy atom. The topological polar surface area (TPSA) is 41.5 Å². The maximum absolute atomic E-state index is 9.95. The molecule has 3 nitrogen and oxygen atoms in total. The molecule has 1 saturated carbocycles. The van der Waals surface area contributed by atoms with Crippen LogP contribution >= 0.6 is 0 Å². The molecule has 1 aliphatic carbocycles. The van der Waals surface area contributed by atoms with E-state index in [1.165, 1.54) is 51.4 Å². The zero-order chi connectivity index (χ0) is 14.7. The van der Waals surface area contributed by atoms with Gasteiger partial charge in [-0.2, -0.15) is 0 Å². The van der Waals surface area contributed by atoms with Crippen LogP contribution in [0.5, 0.6) is 0 Å². The van der Waals surface area contributed by atoms with Crippen molar-refractivity contribution < 1.29 is 9.84 Å². The summed E-state index contributed by atoms with van der Waals surface area (Å²) in [6.07, 6.45) is 14.0. The molecule has 0 unspecified atom stereocenters. The predicted molar refractivity (Wildman–Crippen MR) is 84.6 cm³/mol. The van der Waals surface area contributed by atoms with Crippen LogP contribution in [0.2, 0.25) is 0 Å². The lowest BCUT2D eigenvalue weighted by atomic mass is 9.99. The summed E-state index contributed by atoms with van der Waals surface area (Å²) >= 11 is 0. The lowest BCUT2D eigenvalue weighted by molar-refractivity contribution is -0.199. The maximum atomic E-state index is 9.95. The van der Waals surface area contributed by atoms with E-state index in [9.17, 15) is 5.11 Å². The van der Waals surface area contributed by atoms with Crippen molar-refractivity contribution in [2.24, 2.45) is 0 Å². The first-order chi connectivity index (χ1) is 9.72. The molecule has 0 aromatic heterocycles. The number of aliphatic hydroxyl groups excluding tert-OH is 1. The second-order valence-corrected chi connectivity index (χ2v) is 6.29. The molecule has 1 aliphatic rings. The number of aliphatic hydroxyl groups is 1. The standard InChI is InChI=1S/C17H35NO2/c1-3-5-6-7-8-9-12-15-18-16(19)20-17(4-2)13-10-11-14-17/h16,18-19H,3-15H2,1-2H3/t16-/m0/s1. The Labute approximate surface area is 125 Å². The van der Waals surface area contributed by atoms with Gasteiger partial charge in [-0.1, -0.05) is 65.2 Å². The molecule has 20 heavy (non-hydrogen) atoms. The molecule has 0 saturated heterocycles. The van der Waals surface area contributed by atoms with Crippen LogP contribution in [-0.2, 0) is 4.74 Å². The first-order valence-electron chi connectivity index (χ1n) is 8.82. The fraction of sp³-hybridized carbons (Fsp3) is 1.00. The van der Waals surface area contributed by atoms with Crippen LogP contribution in [0.1, 0.15) is 90.9 Å². The zero-order valence-electron chi connectivity index (χ0n) is 13.6. The van der Waals surface area contributed by atoms with Gasteiger partial charge in [0, 0.05) is 0 Å². The van der Waals surface area contributed by atoms with Crippen LogP contribution in [0.15, 0.2) is 0 Å². The van der Waals surface area contributed by atoms with Crippen LogP contribution < -0.4 is 5.32 Å². The van der Waals surface area contributed by atoms with Gasteiger partial charge in [-0.25, -0.2) is 0 Å². The van der Waals surface area contributed by atoms with E-state index in [1.807, 2.05) is 0 Å². The van der Waals surface area contributed by atoms with Crippen molar-refractivity contribution in [3.05, 3.63) is 0 Å². The van der Waals surface area contributed by atoms with Gasteiger partial charge in [0.25, 0.3) is 0 Å². The van der Waals surface area contributed by atoms with E-state index in [0.29, 0.717) is 0 Å². The highest BCUT2D eigenvalue weighted by Crippen LogP contribution is 2.36. The molecule has 0 aromatic rings. The minimum absolute atomic E-state index is 0.0629. The van der Waals surface area contributed by atoms with Crippen LogP contribution in [0, 0.1) is 0 Å². The van der Waals surface area contributed by atoms with Gasteiger partial charge in [0.15, 0.2) is 0 Å². The highest BCUT2D eigenvalue weighted by atomic mass is 16.6. The van der Waals surface area contributed by atoms with Gasteiger partial charge in [-0.05, 0) is 32.2 Å². The number of rotatable bonds is 12. The lowest BCUT2D eigenvalue weighted by Crippen LogP contribution is -2.41. The average molecular weight is 285 g/mol. The molecule has 1 atom stereocenters. The number of hydrogen-bond donors (Lipinski definition) is 2. The summed E-state index contributed by atoms with van der Waals surface area (Å²) in [5.74, 6) is 0. The van der Waals surface area contributed by atoms with Crippen molar-refractivity contribution in [3.8, 4) is 0 Å². The quantitative estimate of drug-likeness (QED) is 0.414. The van der Waals surface area contributed by atoms with Crippen LogP contribution in [0.4, 0.5) is 0 Å². The molecule has 2 N–H and O–H groups in total. The minimum atomic E-state index is -0.784. The van der Waals surface area contributed by atoms with Crippen molar-refractivity contribution >= 4 is 0 Å². The molecular formula is C17H35NO2. The van der Waals surface area contributed by atoms with E-state index in [2.05, 4.69) is 19.2 Å². The fourth-order valence-corrected chi connectivity index (χ4v) is 3.16. The second kappa shape index (κ2) is 10.6. The van der Waals surface area contributed by atoms with E-state index in [4.69, 9.17) is 4.74 Å². The number of unbranched alkanes of at least 4 members (excludes halogenated alkanes) is 6. The Morgan fingerprint density at radius 3 is 2.20 bits per heavy atom. The van der Waals surface area contributed by atoms with Crippen molar-refractivity contribution in [1.29, 1.82) is 0 Å². The summed E-state index contributed by atoms with van der Waals surface area (Å²) in [6, 6.07) is 0. The third-order valence-corrected chi connectivity index (χ3v) is 4.62. The van der Waals surface area contributed by atoms with Gasteiger partial charge in [0.1, 0.15) is 0 Å². The summed E-state index contributed by atoms with van der Waals surface area (Å²) in [4.78, 5) is 0. The number of nitrogens with one attached hydrogen (secondary N) is 1. The third-order valence-electron chi connectivity index (χ3n) is 4.62. The van der Waals surface area contributed by atoms with Crippen molar-refractivity contribution in [2.75, 3.05) is 6.54 Å². The van der Waals surface area contributed by atoms with Crippen molar-refractivity contribution in [2.45, 2.75) is 103 Å². The molecule has 120 valence electrons. The van der Waals surface area contributed by atoms with Crippen LogP contribution in [0.25, 0.3) is 0 Å². The van der Waals surface area contributed by atoms with E-state index < -0.39 is 6.41 Å². The molecule has 0 radical (unpaired) electrons. The largest absolute Gasteiger partial charge is 0.356 e. The van der Waals surface area contributed by atoms with E-state index in [-0.39, 0.29) is 5.60 Å². The van der Waals surface area contributed by atoms with Gasteiger partial charge in [-0.15, -0.1) is 0 Å². The Morgan fingerprint density at radius 2 is 1.60 bits per heavy atom. The molecule has 0 heterocycles. The van der Waals surface area contributed by atoms with Crippen LogP contribution in [0.3, 0.4) is 0 Å². The first-order valence-corrected chi connectivity index (χ1v) is 8.82. The van der Waals surface area contributed by atoms with Gasteiger partial charge in [0.2, 0.25) is 6.41 Å². The molecule has 0 amide bonds. The van der Waals surface area contributed by atoms with E-state index >= 15 is 0 Å². The Balaban J connectivity index is 1.98. The zero-order valence-corrected chi connectivity index (χ0v) is 13.6. The molecule has 0 bridgehead atoms. The third kappa shape index (κ3) is 7.05. The highest BCUT2D eigenvalue weighted by molar-refractivity contribution is 4.85. The Kier molecular flexibility index (Phi) is 9.49. The summed E-state index contributed by atoms with van der Waals surface area (Å²) in [5.41, 5.74) is -0.0629. The minimum Gasteiger partial charge on any atom is -0.356 e. The van der Waals surface area contributed by atoms with Gasteiger partial charge < -0.3 is 9.84 Å². The summed E-state index contributed by atoms with van der Waals surface area (Å²) in [5, 5.41) is 13.0. The van der Waals surface area contributed by atoms with Gasteiger partial charge >= 0.3 is 0 Å². The second-order valence-electron chi connectivity index (χ2n) is 6.29. The predicted octanol–water partition coefficient (Wildman–Crippen LogP) is 4.34. The first kappa shape index (κ1) is 17.9.